The highest BCUT2D eigenvalue weighted by molar-refractivity contribution is 5.81. The van der Waals surface area contributed by atoms with E-state index < -0.39 is 11.6 Å². The zero-order valence-electron chi connectivity index (χ0n) is 12.1. The predicted octanol–water partition coefficient (Wildman–Crippen LogP) is 1.34. The molecule has 0 aromatic heterocycles. The minimum Gasteiger partial charge on any atom is -0.467 e. The Bertz CT molecular complexity index is 327. The van der Waals surface area contributed by atoms with Gasteiger partial charge in [-0.15, -0.1) is 0 Å². The van der Waals surface area contributed by atoms with E-state index in [-0.39, 0.29) is 12.5 Å². The lowest BCUT2D eigenvalue weighted by molar-refractivity contribution is -0.163. The second kappa shape index (κ2) is 6.89. The van der Waals surface area contributed by atoms with E-state index in [1.54, 1.807) is 4.90 Å². The molecule has 1 rings (SSSR count). The zero-order chi connectivity index (χ0) is 14.5. The van der Waals surface area contributed by atoms with Crippen LogP contribution in [0.25, 0.3) is 0 Å². The number of methoxy groups -OCH3 is 1. The van der Waals surface area contributed by atoms with Crippen molar-refractivity contribution in [2.75, 3.05) is 20.2 Å². The Morgan fingerprint density at radius 3 is 2.79 bits per heavy atom. The highest BCUT2D eigenvalue weighted by Gasteiger charge is 2.36. The predicted molar refractivity (Wildman–Crippen MR) is 71.5 cm³/mol. The van der Waals surface area contributed by atoms with Crippen molar-refractivity contribution in [3.63, 3.8) is 0 Å². The number of hydrogen-bond donors (Lipinski definition) is 1. The van der Waals surface area contributed by atoms with Crippen LogP contribution < -0.4 is 0 Å². The maximum absolute atomic E-state index is 12.0. The minimum absolute atomic E-state index is 0.0113. The monoisotopic (exact) mass is 271 g/mol. The zero-order valence-corrected chi connectivity index (χ0v) is 12.1. The number of amides is 1. The van der Waals surface area contributed by atoms with Crippen molar-refractivity contribution in [2.24, 2.45) is 5.92 Å². The maximum Gasteiger partial charge on any atom is 0.339 e. The van der Waals surface area contributed by atoms with Crippen LogP contribution in [0.2, 0.25) is 0 Å². The standard InChI is InChI=1S/C14H25NO4/c1-4-5-11-6-7-12(16)15(9-8-11)10-14(2,18)13(17)19-3/h11,18H,4-10H2,1-3H3. The molecule has 0 aromatic carbocycles. The van der Waals surface area contributed by atoms with E-state index in [0.717, 1.165) is 25.7 Å². The summed E-state index contributed by atoms with van der Waals surface area (Å²) in [4.78, 5) is 25.1. The molecule has 1 heterocycles. The van der Waals surface area contributed by atoms with Gasteiger partial charge in [0.15, 0.2) is 5.60 Å². The third kappa shape index (κ3) is 4.49. The van der Waals surface area contributed by atoms with Crippen molar-refractivity contribution in [2.45, 2.75) is 51.6 Å². The molecule has 0 saturated carbocycles. The summed E-state index contributed by atoms with van der Waals surface area (Å²) in [5, 5.41) is 10.0. The molecule has 1 saturated heterocycles. The number of hydrogen-bond acceptors (Lipinski definition) is 4. The first kappa shape index (κ1) is 16.0. The molecule has 19 heavy (non-hydrogen) atoms. The van der Waals surface area contributed by atoms with Gasteiger partial charge in [-0.05, 0) is 25.7 Å². The van der Waals surface area contributed by atoms with Crippen molar-refractivity contribution < 1.29 is 19.4 Å². The van der Waals surface area contributed by atoms with Crippen molar-refractivity contribution in [1.29, 1.82) is 0 Å². The van der Waals surface area contributed by atoms with Gasteiger partial charge in [0.25, 0.3) is 0 Å². The van der Waals surface area contributed by atoms with E-state index in [9.17, 15) is 14.7 Å². The Morgan fingerprint density at radius 2 is 2.21 bits per heavy atom. The molecule has 110 valence electrons. The molecule has 5 nitrogen and oxygen atoms in total. The average Bonchev–Trinajstić information content (AvgIpc) is 2.53. The Labute approximate surface area is 114 Å². The molecular formula is C14H25NO4. The lowest BCUT2D eigenvalue weighted by Crippen LogP contribution is -2.49. The highest BCUT2D eigenvalue weighted by Crippen LogP contribution is 2.23. The molecule has 0 aromatic rings. The first-order chi connectivity index (χ1) is 8.90. The van der Waals surface area contributed by atoms with Gasteiger partial charge in [0.2, 0.25) is 5.91 Å². The second-order valence-corrected chi connectivity index (χ2v) is 5.56. The summed E-state index contributed by atoms with van der Waals surface area (Å²) in [6.07, 6.45) is 4.61. The van der Waals surface area contributed by atoms with Gasteiger partial charge < -0.3 is 14.7 Å². The summed E-state index contributed by atoms with van der Waals surface area (Å²) in [7, 11) is 1.23. The van der Waals surface area contributed by atoms with Gasteiger partial charge in [-0.25, -0.2) is 4.79 Å². The molecule has 2 unspecified atom stereocenters. The molecule has 1 aliphatic rings. The fourth-order valence-electron chi connectivity index (χ4n) is 2.61. The maximum atomic E-state index is 12.0. The van der Waals surface area contributed by atoms with Crippen LogP contribution in [0.4, 0.5) is 0 Å². The third-order valence-electron chi connectivity index (χ3n) is 3.75. The second-order valence-electron chi connectivity index (χ2n) is 5.56. The number of ether oxygens (including phenoxy) is 1. The van der Waals surface area contributed by atoms with E-state index in [1.165, 1.54) is 14.0 Å². The van der Waals surface area contributed by atoms with Gasteiger partial charge in [-0.3, -0.25) is 4.79 Å². The number of aliphatic hydroxyl groups is 1. The number of carbonyl (C=O) groups excluding carboxylic acids is 2. The van der Waals surface area contributed by atoms with Crippen LogP contribution in [0.1, 0.15) is 46.0 Å². The smallest absolute Gasteiger partial charge is 0.339 e. The van der Waals surface area contributed by atoms with Crippen LogP contribution in [0.5, 0.6) is 0 Å². The molecule has 1 fully saturated rings. The molecule has 1 amide bonds. The van der Waals surface area contributed by atoms with Crippen LogP contribution in [-0.2, 0) is 14.3 Å². The van der Waals surface area contributed by atoms with Crippen molar-refractivity contribution >= 4 is 11.9 Å². The summed E-state index contributed by atoms with van der Waals surface area (Å²) in [6.45, 7) is 4.15. The molecule has 1 aliphatic heterocycles. The largest absolute Gasteiger partial charge is 0.467 e. The Kier molecular flexibility index (Phi) is 5.79. The van der Waals surface area contributed by atoms with Gasteiger partial charge in [0.1, 0.15) is 0 Å². The summed E-state index contributed by atoms with van der Waals surface area (Å²) in [5.41, 5.74) is -1.63. The molecule has 5 heteroatoms. The van der Waals surface area contributed by atoms with Crippen molar-refractivity contribution in [1.82, 2.24) is 4.90 Å². The van der Waals surface area contributed by atoms with Crippen LogP contribution in [0.3, 0.4) is 0 Å². The molecule has 2 atom stereocenters. The minimum atomic E-state index is -1.63. The van der Waals surface area contributed by atoms with E-state index >= 15 is 0 Å². The number of esters is 1. The van der Waals surface area contributed by atoms with E-state index in [4.69, 9.17) is 0 Å². The molecule has 0 bridgehead atoms. The van der Waals surface area contributed by atoms with Crippen molar-refractivity contribution in [3.05, 3.63) is 0 Å². The highest BCUT2D eigenvalue weighted by atomic mass is 16.5. The fourth-order valence-corrected chi connectivity index (χ4v) is 2.61. The third-order valence-corrected chi connectivity index (χ3v) is 3.75. The Balaban J connectivity index is 2.62. The quantitative estimate of drug-likeness (QED) is 0.766. The molecule has 0 aliphatic carbocycles. The topological polar surface area (TPSA) is 66.8 Å². The molecule has 0 spiro atoms. The fraction of sp³-hybridized carbons (Fsp3) is 0.857. The summed E-state index contributed by atoms with van der Waals surface area (Å²) in [5.74, 6) is -0.112. The Morgan fingerprint density at radius 1 is 1.53 bits per heavy atom. The lowest BCUT2D eigenvalue weighted by atomic mass is 9.96. The van der Waals surface area contributed by atoms with Crippen molar-refractivity contribution in [3.8, 4) is 0 Å². The van der Waals surface area contributed by atoms with Crippen LogP contribution >= 0.6 is 0 Å². The van der Waals surface area contributed by atoms with Crippen LogP contribution in [0.15, 0.2) is 0 Å². The van der Waals surface area contributed by atoms with E-state index in [2.05, 4.69) is 11.7 Å². The Hall–Kier alpha value is -1.10. The molecular weight excluding hydrogens is 246 g/mol. The number of rotatable bonds is 5. The first-order valence-corrected chi connectivity index (χ1v) is 6.99. The van der Waals surface area contributed by atoms with Gasteiger partial charge in [-0.1, -0.05) is 19.8 Å². The van der Waals surface area contributed by atoms with E-state index in [1.807, 2.05) is 0 Å². The molecule has 0 radical (unpaired) electrons. The number of β-amino-alcohol motifs (C(OH)–C–C–N with tert-alkyl or cyclic N) is 1. The van der Waals surface area contributed by atoms with Gasteiger partial charge in [0, 0.05) is 13.0 Å². The number of likely N-dealkylation sites (tertiary alicyclic amines) is 1. The average molecular weight is 271 g/mol. The normalized spacial score (nSPS) is 23.7. The van der Waals surface area contributed by atoms with Gasteiger partial charge >= 0.3 is 5.97 Å². The van der Waals surface area contributed by atoms with Crippen LogP contribution in [0, 0.1) is 5.92 Å². The molecule has 1 N–H and O–H groups in total. The van der Waals surface area contributed by atoms with Crippen LogP contribution in [-0.4, -0.2) is 47.7 Å². The summed E-state index contributed by atoms with van der Waals surface area (Å²) in [6, 6.07) is 0. The van der Waals surface area contributed by atoms with Gasteiger partial charge in [0.05, 0.1) is 13.7 Å². The first-order valence-electron chi connectivity index (χ1n) is 6.99. The SMILES string of the molecule is CCCC1CCC(=O)N(CC(C)(O)C(=O)OC)CC1. The lowest BCUT2D eigenvalue weighted by Gasteiger charge is -2.29. The summed E-state index contributed by atoms with van der Waals surface area (Å²) >= 11 is 0. The van der Waals surface area contributed by atoms with E-state index in [0.29, 0.717) is 18.9 Å². The summed E-state index contributed by atoms with van der Waals surface area (Å²) < 4.78 is 4.56. The van der Waals surface area contributed by atoms with Gasteiger partial charge in [-0.2, -0.15) is 0 Å². The number of carbonyl (C=O) groups is 2. The number of nitrogens with zero attached hydrogens (tertiary/aromatic N) is 1.